The maximum Gasteiger partial charge on any atom is 0.264 e. The fourth-order valence-corrected chi connectivity index (χ4v) is 3.08. The number of aromatic nitrogens is 1. The number of nitrogens with one attached hydrogen (secondary N) is 2. The monoisotopic (exact) mass is 361 g/mol. The number of benzene rings is 2. The first kappa shape index (κ1) is 16.3. The van der Waals surface area contributed by atoms with Gasteiger partial charge in [0.05, 0.1) is 10.2 Å². The van der Waals surface area contributed by atoms with Gasteiger partial charge in [0.25, 0.3) is 5.91 Å². The van der Waals surface area contributed by atoms with Gasteiger partial charge < -0.3 is 10.1 Å². The number of anilines is 1. The second-order valence-corrected chi connectivity index (χ2v) is 6.17. The van der Waals surface area contributed by atoms with Crippen molar-refractivity contribution in [3.63, 3.8) is 0 Å². The predicted octanol–water partition coefficient (Wildman–Crippen LogP) is 3.33. The number of thiocarbonyl (C=S) groups is 1. The lowest BCUT2D eigenvalue weighted by Crippen LogP contribution is -2.37. The number of halogens is 1. The first-order chi connectivity index (χ1) is 11.6. The van der Waals surface area contributed by atoms with E-state index in [-0.39, 0.29) is 23.4 Å². The van der Waals surface area contributed by atoms with Crippen LogP contribution in [0.25, 0.3) is 10.2 Å². The molecule has 0 aliphatic carbocycles. The maximum absolute atomic E-state index is 13.2. The molecule has 0 radical (unpaired) electrons. The Hall–Kier alpha value is -2.58. The van der Waals surface area contributed by atoms with E-state index in [0.717, 1.165) is 0 Å². The van der Waals surface area contributed by atoms with Crippen LogP contribution in [0.4, 0.5) is 9.52 Å². The quantitative estimate of drug-likeness (QED) is 0.698. The van der Waals surface area contributed by atoms with Gasteiger partial charge in [0.1, 0.15) is 11.6 Å². The number of fused-ring (bicyclic) bond motifs is 1. The summed E-state index contributed by atoms with van der Waals surface area (Å²) in [6.07, 6.45) is 0. The van der Waals surface area contributed by atoms with Crippen LogP contribution in [0.3, 0.4) is 0 Å². The highest BCUT2D eigenvalue weighted by molar-refractivity contribution is 7.80. The summed E-state index contributed by atoms with van der Waals surface area (Å²) in [6.45, 7) is -0.156. The number of ether oxygens (including phenoxy) is 1. The molecule has 0 aliphatic rings. The lowest BCUT2D eigenvalue weighted by Gasteiger charge is -2.08. The molecule has 1 heterocycles. The molecule has 0 aliphatic heterocycles. The second kappa shape index (κ2) is 7.33. The van der Waals surface area contributed by atoms with Crippen molar-refractivity contribution < 1.29 is 13.9 Å². The Morgan fingerprint density at radius 3 is 2.83 bits per heavy atom. The van der Waals surface area contributed by atoms with E-state index in [1.54, 1.807) is 18.2 Å². The largest absolute Gasteiger partial charge is 0.484 e. The minimum Gasteiger partial charge on any atom is -0.484 e. The van der Waals surface area contributed by atoms with Gasteiger partial charge in [-0.15, -0.1) is 0 Å². The molecule has 3 aromatic rings. The molecule has 0 bridgehead atoms. The number of carbonyl (C=O) groups is 1. The van der Waals surface area contributed by atoms with Gasteiger partial charge in [0.2, 0.25) is 0 Å². The van der Waals surface area contributed by atoms with Gasteiger partial charge in [-0.3, -0.25) is 10.1 Å². The fourth-order valence-electron chi connectivity index (χ4n) is 1.91. The molecular formula is C16H12FN3O2S2. The molecule has 0 unspecified atom stereocenters. The van der Waals surface area contributed by atoms with Crippen molar-refractivity contribution in [2.24, 2.45) is 0 Å². The number of rotatable bonds is 4. The number of thiazole rings is 1. The SMILES string of the molecule is O=C(COc1ccccc1)NC(=S)Nc1nc2ccc(F)cc2s1. The molecule has 0 spiro atoms. The Morgan fingerprint density at radius 1 is 1.25 bits per heavy atom. The van der Waals surface area contributed by atoms with Crippen LogP contribution in [0.15, 0.2) is 48.5 Å². The average molecular weight is 361 g/mol. The second-order valence-electron chi connectivity index (χ2n) is 4.74. The topological polar surface area (TPSA) is 63.2 Å². The van der Waals surface area contributed by atoms with Gasteiger partial charge in [0.15, 0.2) is 16.9 Å². The highest BCUT2D eigenvalue weighted by Crippen LogP contribution is 2.26. The molecule has 1 amide bonds. The molecule has 2 aromatic carbocycles. The molecule has 8 heteroatoms. The van der Waals surface area contributed by atoms with Gasteiger partial charge in [0, 0.05) is 0 Å². The van der Waals surface area contributed by atoms with Gasteiger partial charge in [-0.1, -0.05) is 29.5 Å². The maximum atomic E-state index is 13.2. The molecule has 5 nitrogen and oxygen atoms in total. The third-order valence-corrected chi connectivity index (χ3v) is 4.07. The summed E-state index contributed by atoms with van der Waals surface area (Å²) in [5.41, 5.74) is 0.658. The molecular weight excluding hydrogens is 349 g/mol. The third-order valence-electron chi connectivity index (χ3n) is 2.94. The van der Waals surface area contributed by atoms with E-state index in [1.807, 2.05) is 18.2 Å². The van der Waals surface area contributed by atoms with Crippen LogP contribution in [-0.4, -0.2) is 22.6 Å². The Labute approximate surface area is 146 Å². The Morgan fingerprint density at radius 2 is 2.04 bits per heavy atom. The van der Waals surface area contributed by atoms with E-state index in [2.05, 4.69) is 15.6 Å². The number of hydrogen-bond donors (Lipinski definition) is 2. The summed E-state index contributed by atoms with van der Waals surface area (Å²) in [5, 5.41) is 5.90. The predicted molar refractivity (Wildman–Crippen MR) is 95.9 cm³/mol. The summed E-state index contributed by atoms with van der Waals surface area (Å²) in [6, 6.07) is 13.3. The van der Waals surface area contributed by atoms with E-state index in [4.69, 9.17) is 17.0 Å². The van der Waals surface area contributed by atoms with Gasteiger partial charge >= 0.3 is 0 Å². The van der Waals surface area contributed by atoms with Crippen molar-refractivity contribution in [3.05, 3.63) is 54.3 Å². The van der Waals surface area contributed by atoms with Crippen LogP contribution in [0.2, 0.25) is 0 Å². The lowest BCUT2D eigenvalue weighted by molar-refractivity contribution is -0.121. The Balaban J connectivity index is 1.53. The van der Waals surface area contributed by atoms with Crippen LogP contribution in [0.1, 0.15) is 0 Å². The molecule has 24 heavy (non-hydrogen) atoms. The van der Waals surface area contributed by atoms with Crippen molar-refractivity contribution in [1.29, 1.82) is 0 Å². The molecule has 3 rings (SSSR count). The van der Waals surface area contributed by atoms with E-state index in [9.17, 15) is 9.18 Å². The molecule has 2 N–H and O–H groups in total. The molecule has 122 valence electrons. The summed E-state index contributed by atoms with van der Waals surface area (Å²) >= 11 is 6.31. The van der Waals surface area contributed by atoms with E-state index in [0.29, 0.717) is 21.1 Å². The Bertz CT molecular complexity index is 883. The molecule has 0 saturated heterocycles. The van der Waals surface area contributed by atoms with E-state index >= 15 is 0 Å². The van der Waals surface area contributed by atoms with E-state index in [1.165, 1.54) is 23.5 Å². The first-order valence-electron chi connectivity index (χ1n) is 6.95. The Kier molecular flexibility index (Phi) is 4.97. The summed E-state index contributed by atoms with van der Waals surface area (Å²) in [4.78, 5) is 16.1. The van der Waals surface area contributed by atoms with Crippen LogP contribution in [0.5, 0.6) is 5.75 Å². The highest BCUT2D eigenvalue weighted by atomic mass is 32.1. The van der Waals surface area contributed by atoms with Crippen molar-refractivity contribution >= 4 is 49.9 Å². The van der Waals surface area contributed by atoms with E-state index < -0.39 is 0 Å². The number of para-hydroxylation sites is 1. The lowest BCUT2D eigenvalue weighted by atomic mass is 10.3. The summed E-state index contributed by atoms with van der Waals surface area (Å²) < 4.78 is 19.2. The van der Waals surface area contributed by atoms with Crippen LogP contribution in [0, 0.1) is 5.82 Å². The van der Waals surface area contributed by atoms with Crippen molar-refractivity contribution in [2.45, 2.75) is 0 Å². The van der Waals surface area contributed by atoms with Crippen molar-refractivity contribution in [2.75, 3.05) is 11.9 Å². The number of amides is 1. The number of hydrogen-bond acceptors (Lipinski definition) is 5. The van der Waals surface area contributed by atoms with Gasteiger partial charge in [-0.25, -0.2) is 9.37 Å². The highest BCUT2D eigenvalue weighted by Gasteiger charge is 2.09. The third kappa shape index (κ3) is 4.24. The number of nitrogens with zero attached hydrogens (tertiary/aromatic N) is 1. The molecule has 0 saturated carbocycles. The van der Waals surface area contributed by atoms with Gasteiger partial charge in [-0.05, 0) is 42.5 Å². The summed E-state index contributed by atoms with van der Waals surface area (Å²) in [7, 11) is 0. The van der Waals surface area contributed by atoms with Crippen molar-refractivity contribution in [1.82, 2.24) is 10.3 Å². The molecule has 1 aromatic heterocycles. The molecule has 0 fully saturated rings. The van der Waals surface area contributed by atoms with Crippen LogP contribution < -0.4 is 15.4 Å². The van der Waals surface area contributed by atoms with Crippen LogP contribution >= 0.6 is 23.6 Å². The first-order valence-corrected chi connectivity index (χ1v) is 8.17. The average Bonchev–Trinajstić information content (AvgIpc) is 2.95. The minimum absolute atomic E-state index is 0.108. The zero-order valence-electron chi connectivity index (χ0n) is 12.3. The van der Waals surface area contributed by atoms with Crippen LogP contribution in [-0.2, 0) is 4.79 Å². The smallest absolute Gasteiger partial charge is 0.264 e. The zero-order chi connectivity index (χ0) is 16.9. The fraction of sp³-hybridized carbons (Fsp3) is 0.0625. The number of carbonyl (C=O) groups excluding carboxylic acids is 1. The minimum atomic E-state index is -0.386. The zero-order valence-corrected chi connectivity index (χ0v) is 13.9. The summed E-state index contributed by atoms with van der Waals surface area (Å²) in [5.74, 6) is -0.116. The normalized spacial score (nSPS) is 10.4. The van der Waals surface area contributed by atoms with Crippen molar-refractivity contribution in [3.8, 4) is 5.75 Å². The van der Waals surface area contributed by atoms with Gasteiger partial charge in [-0.2, -0.15) is 0 Å². The standard InChI is InChI=1S/C16H12FN3O2S2/c17-10-6-7-12-13(8-10)24-16(18-12)20-15(23)19-14(21)9-22-11-4-2-1-3-5-11/h1-8H,9H2,(H2,18,19,20,21,23). The molecule has 0 atom stereocenters.